The fourth-order valence-corrected chi connectivity index (χ4v) is 3.86. The van der Waals surface area contributed by atoms with Crippen LogP contribution in [0, 0.1) is 11.8 Å². The Hall–Kier alpha value is -2.08. The molecule has 0 radical (unpaired) electrons. The Morgan fingerprint density at radius 2 is 1.96 bits per heavy atom. The maximum absolute atomic E-state index is 11.2. The zero-order chi connectivity index (χ0) is 16.4. The van der Waals surface area contributed by atoms with E-state index in [0.717, 1.165) is 31.5 Å². The molecular weight excluding hydrogens is 296 g/mol. The first-order valence-corrected chi connectivity index (χ1v) is 8.09. The molecule has 0 spiro atoms. The van der Waals surface area contributed by atoms with Crippen molar-refractivity contribution in [3.05, 3.63) is 29.8 Å². The quantitative estimate of drug-likeness (QED) is 0.678. The minimum Gasteiger partial charge on any atom is -0.480 e. The second kappa shape index (κ2) is 6.58. The van der Waals surface area contributed by atoms with E-state index in [0.29, 0.717) is 18.3 Å². The van der Waals surface area contributed by atoms with Gasteiger partial charge in [0.15, 0.2) is 0 Å². The summed E-state index contributed by atoms with van der Waals surface area (Å²) in [6, 6.07) is 6.67. The van der Waals surface area contributed by atoms with E-state index in [9.17, 15) is 14.7 Å². The van der Waals surface area contributed by atoms with Crippen LogP contribution in [0.4, 0.5) is 5.69 Å². The van der Waals surface area contributed by atoms with Gasteiger partial charge < -0.3 is 20.8 Å². The highest BCUT2D eigenvalue weighted by Crippen LogP contribution is 2.36. The van der Waals surface area contributed by atoms with Crippen molar-refractivity contribution in [1.82, 2.24) is 5.32 Å². The molecule has 1 aliphatic carbocycles. The van der Waals surface area contributed by atoms with E-state index >= 15 is 0 Å². The van der Waals surface area contributed by atoms with Crippen LogP contribution in [0.25, 0.3) is 0 Å². The lowest BCUT2D eigenvalue weighted by Gasteiger charge is -2.42. The fraction of sp³-hybridized carbons (Fsp3) is 0.529. The molecule has 1 aliphatic heterocycles. The molecule has 1 saturated carbocycles. The minimum atomic E-state index is -0.931. The van der Waals surface area contributed by atoms with Crippen molar-refractivity contribution in [1.29, 1.82) is 0 Å². The van der Waals surface area contributed by atoms with Crippen LogP contribution in [0.3, 0.4) is 0 Å². The van der Waals surface area contributed by atoms with Gasteiger partial charge in [0, 0.05) is 11.7 Å². The fourth-order valence-electron chi connectivity index (χ4n) is 3.86. The number of anilines is 1. The lowest BCUT2D eigenvalue weighted by molar-refractivity contribution is -0.141. The van der Waals surface area contributed by atoms with Crippen molar-refractivity contribution < 1.29 is 19.8 Å². The Kier molecular flexibility index (Phi) is 4.52. The van der Waals surface area contributed by atoms with Gasteiger partial charge in [-0.3, -0.25) is 4.79 Å². The number of benzene rings is 1. The van der Waals surface area contributed by atoms with Gasteiger partial charge in [0.1, 0.15) is 6.04 Å². The van der Waals surface area contributed by atoms with E-state index < -0.39 is 18.0 Å². The van der Waals surface area contributed by atoms with Crippen LogP contribution < -0.4 is 10.6 Å². The standard InChI is InChI=1S/C17H22N2O4/c20-16(21)10-2-1-3-13(6-10)19-14-5-4-11-9-18-15(17(22)23)8-12(11)7-14/h1-3,6,11-12,14-15,18-19H,4-5,7-9H2,(H,20,21)(H,22,23)/t11-,12+,14-,15-/m0/s1. The molecular formula is C17H22N2O4. The summed E-state index contributed by atoms with van der Waals surface area (Å²) in [7, 11) is 0. The minimum absolute atomic E-state index is 0.271. The smallest absolute Gasteiger partial charge is 0.335 e. The number of nitrogens with one attached hydrogen (secondary N) is 2. The van der Waals surface area contributed by atoms with Crippen molar-refractivity contribution in [2.45, 2.75) is 37.8 Å². The van der Waals surface area contributed by atoms with Gasteiger partial charge in [-0.1, -0.05) is 6.07 Å². The van der Waals surface area contributed by atoms with Gasteiger partial charge in [-0.15, -0.1) is 0 Å². The van der Waals surface area contributed by atoms with Crippen molar-refractivity contribution in [2.24, 2.45) is 11.8 Å². The number of piperidine rings is 1. The van der Waals surface area contributed by atoms with E-state index in [1.807, 2.05) is 6.07 Å². The monoisotopic (exact) mass is 318 g/mol. The molecule has 124 valence electrons. The molecule has 0 unspecified atom stereocenters. The Balaban J connectivity index is 1.63. The second-order valence-electron chi connectivity index (χ2n) is 6.60. The molecule has 1 aromatic rings. The number of hydrogen-bond acceptors (Lipinski definition) is 4. The third-order valence-electron chi connectivity index (χ3n) is 5.08. The molecule has 6 heteroatoms. The Morgan fingerprint density at radius 3 is 2.70 bits per heavy atom. The second-order valence-corrected chi connectivity index (χ2v) is 6.60. The van der Waals surface area contributed by atoms with Crippen LogP contribution in [0.15, 0.2) is 24.3 Å². The molecule has 0 aromatic heterocycles. The van der Waals surface area contributed by atoms with Gasteiger partial charge in [0.05, 0.1) is 5.56 Å². The summed E-state index contributed by atoms with van der Waals surface area (Å²) >= 11 is 0. The lowest BCUT2D eigenvalue weighted by atomic mass is 9.72. The number of aromatic carboxylic acids is 1. The van der Waals surface area contributed by atoms with Crippen LogP contribution in [0.1, 0.15) is 36.0 Å². The number of carboxylic acids is 2. The number of carbonyl (C=O) groups is 2. The highest BCUT2D eigenvalue weighted by molar-refractivity contribution is 5.88. The van der Waals surface area contributed by atoms with Crippen molar-refractivity contribution in [3.63, 3.8) is 0 Å². The molecule has 23 heavy (non-hydrogen) atoms. The number of rotatable bonds is 4. The van der Waals surface area contributed by atoms with Crippen LogP contribution in [0.5, 0.6) is 0 Å². The number of hydrogen-bond donors (Lipinski definition) is 4. The molecule has 4 atom stereocenters. The molecule has 2 fully saturated rings. The highest BCUT2D eigenvalue weighted by atomic mass is 16.4. The first-order chi connectivity index (χ1) is 11.0. The van der Waals surface area contributed by atoms with Gasteiger partial charge in [0.2, 0.25) is 0 Å². The first-order valence-electron chi connectivity index (χ1n) is 8.09. The largest absolute Gasteiger partial charge is 0.480 e. The van der Waals surface area contributed by atoms with E-state index in [1.165, 1.54) is 0 Å². The predicted octanol–water partition coefficient (Wildman–Crippen LogP) is 2.03. The molecule has 4 N–H and O–H groups in total. The van der Waals surface area contributed by atoms with Gasteiger partial charge in [0.25, 0.3) is 0 Å². The third kappa shape index (κ3) is 3.64. The van der Waals surface area contributed by atoms with Gasteiger partial charge in [-0.05, 0) is 62.3 Å². The normalized spacial score (nSPS) is 30.3. The van der Waals surface area contributed by atoms with E-state index in [4.69, 9.17) is 5.11 Å². The first kappa shape index (κ1) is 15.8. The summed E-state index contributed by atoms with van der Waals surface area (Å²) in [5, 5.41) is 24.8. The maximum Gasteiger partial charge on any atom is 0.335 e. The van der Waals surface area contributed by atoms with E-state index in [-0.39, 0.29) is 11.6 Å². The average Bonchev–Trinajstić information content (AvgIpc) is 2.54. The summed E-state index contributed by atoms with van der Waals surface area (Å²) in [6.07, 6.45) is 3.71. The molecule has 6 nitrogen and oxygen atoms in total. The zero-order valence-electron chi connectivity index (χ0n) is 12.9. The lowest BCUT2D eigenvalue weighted by Crippen LogP contribution is -2.50. The van der Waals surface area contributed by atoms with Crippen LogP contribution >= 0.6 is 0 Å². The summed E-state index contributed by atoms with van der Waals surface area (Å²) in [5.41, 5.74) is 1.09. The molecule has 0 bridgehead atoms. The average molecular weight is 318 g/mol. The summed E-state index contributed by atoms with van der Waals surface area (Å²) in [5.74, 6) is -0.743. The summed E-state index contributed by atoms with van der Waals surface area (Å²) in [4.78, 5) is 22.2. The van der Waals surface area contributed by atoms with E-state index in [2.05, 4.69) is 10.6 Å². The molecule has 2 aliphatic rings. The molecule has 3 rings (SSSR count). The van der Waals surface area contributed by atoms with Gasteiger partial charge >= 0.3 is 11.9 Å². The Bertz CT molecular complexity index is 604. The Morgan fingerprint density at radius 1 is 1.13 bits per heavy atom. The molecule has 1 heterocycles. The van der Waals surface area contributed by atoms with Gasteiger partial charge in [-0.25, -0.2) is 4.79 Å². The molecule has 1 aromatic carbocycles. The summed E-state index contributed by atoms with van der Waals surface area (Å²) in [6.45, 7) is 0.781. The maximum atomic E-state index is 11.2. The number of aliphatic carboxylic acids is 1. The van der Waals surface area contributed by atoms with Crippen molar-refractivity contribution in [3.8, 4) is 0 Å². The van der Waals surface area contributed by atoms with Crippen molar-refractivity contribution in [2.75, 3.05) is 11.9 Å². The predicted molar refractivity (Wildman–Crippen MR) is 85.7 cm³/mol. The molecule has 0 amide bonds. The van der Waals surface area contributed by atoms with Gasteiger partial charge in [-0.2, -0.15) is 0 Å². The SMILES string of the molecule is O=C(O)c1cccc(N[C@H]2CC[C@H]3CN[C@H](C(=O)O)C[C@H]3C2)c1. The Labute approximate surface area is 134 Å². The zero-order valence-corrected chi connectivity index (χ0v) is 12.9. The topological polar surface area (TPSA) is 98.7 Å². The number of fused-ring (bicyclic) bond motifs is 1. The summed E-state index contributed by atoms with van der Waals surface area (Å²) < 4.78 is 0. The number of carboxylic acid groups (broad SMARTS) is 2. The van der Waals surface area contributed by atoms with Crippen LogP contribution in [-0.2, 0) is 4.79 Å². The van der Waals surface area contributed by atoms with Crippen LogP contribution in [-0.4, -0.2) is 40.8 Å². The van der Waals surface area contributed by atoms with Crippen molar-refractivity contribution >= 4 is 17.6 Å². The van der Waals surface area contributed by atoms with Crippen LogP contribution in [0.2, 0.25) is 0 Å². The highest BCUT2D eigenvalue weighted by Gasteiger charge is 2.37. The third-order valence-corrected chi connectivity index (χ3v) is 5.08. The molecule has 1 saturated heterocycles. The van der Waals surface area contributed by atoms with E-state index in [1.54, 1.807) is 18.2 Å².